The molecule has 0 bridgehead atoms. The molecule has 0 radical (unpaired) electrons. The number of piperazine rings is 1. The molecule has 2 aromatic carbocycles. The van der Waals surface area contributed by atoms with E-state index in [1.54, 1.807) is 0 Å². The summed E-state index contributed by atoms with van der Waals surface area (Å²) in [5.41, 5.74) is 2.57. The first-order valence-electron chi connectivity index (χ1n) is 9.10. The monoisotopic (exact) mass is 337 g/mol. The predicted molar refractivity (Wildman–Crippen MR) is 101 cm³/mol. The molecule has 1 aliphatic rings. The minimum atomic E-state index is 0.271. The lowest BCUT2D eigenvalue weighted by atomic mass is 10.1. The van der Waals surface area contributed by atoms with Gasteiger partial charge in [0.15, 0.2) is 0 Å². The van der Waals surface area contributed by atoms with Crippen molar-refractivity contribution in [2.45, 2.75) is 19.5 Å². The highest BCUT2D eigenvalue weighted by atomic mass is 16.2. The van der Waals surface area contributed by atoms with Crippen LogP contribution in [0.1, 0.15) is 17.5 Å². The molecule has 132 valence electrons. The number of hydrogen-bond donors (Lipinski definition) is 1. The first-order valence-corrected chi connectivity index (χ1v) is 9.10. The fourth-order valence-corrected chi connectivity index (χ4v) is 3.22. The van der Waals surface area contributed by atoms with Crippen molar-refractivity contribution in [3.05, 3.63) is 71.8 Å². The molecule has 0 aliphatic carbocycles. The normalized spacial score (nSPS) is 14.7. The zero-order chi connectivity index (χ0) is 17.3. The van der Waals surface area contributed by atoms with Crippen molar-refractivity contribution < 1.29 is 4.79 Å². The number of amides is 1. The lowest BCUT2D eigenvalue weighted by Gasteiger charge is -2.29. The Hall–Kier alpha value is -2.17. The van der Waals surface area contributed by atoms with Crippen LogP contribution in [0.4, 0.5) is 0 Å². The van der Waals surface area contributed by atoms with Gasteiger partial charge in [-0.25, -0.2) is 0 Å². The minimum Gasteiger partial charge on any atom is -0.340 e. The summed E-state index contributed by atoms with van der Waals surface area (Å²) < 4.78 is 0. The van der Waals surface area contributed by atoms with Crippen molar-refractivity contribution >= 4 is 5.91 Å². The van der Waals surface area contributed by atoms with Crippen LogP contribution in [-0.2, 0) is 17.9 Å². The van der Waals surface area contributed by atoms with Crippen molar-refractivity contribution in [1.82, 2.24) is 15.1 Å². The van der Waals surface area contributed by atoms with E-state index in [2.05, 4.69) is 58.7 Å². The maximum absolute atomic E-state index is 12.5. The Morgan fingerprint density at radius 1 is 0.880 bits per heavy atom. The quantitative estimate of drug-likeness (QED) is 0.843. The molecule has 1 saturated heterocycles. The van der Waals surface area contributed by atoms with Crippen LogP contribution in [0.15, 0.2) is 60.7 Å². The zero-order valence-corrected chi connectivity index (χ0v) is 14.7. The van der Waals surface area contributed by atoms with Crippen molar-refractivity contribution in [3.8, 4) is 0 Å². The molecular weight excluding hydrogens is 310 g/mol. The van der Waals surface area contributed by atoms with Crippen LogP contribution in [0.3, 0.4) is 0 Å². The largest absolute Gasteiger partial charge is 0.340 e. The van der Waals surface area contributed by atoms with Crippen LogP contribution in [-0.4, -0.2) is 48.4 Å². The lowest BCUT2D eigenvalue weighted by molar-refractivity contribution is -0.132. The van der Waals surface area contributed by atoms with E-state index in [0.717, 1.165) is 45.8 Å². The lowest BCUT2D eigenvalue weighted by Crippen LogP contribution is -2.47. The van der Waals surface area contributed by atoms with Gasteiger partial charge >= 0.3 is 0 Å². The summed E-state index contributed by atoms with van der Waals surface area (Å²) >= 11 is 0. The topological polar surface area (TPSA) is 35.6 Å². The minimum absolute atomic E-state index is 0.271. The fraction of sp³-hybridized carbons (Fsp3) is 0.381. The molecule has 0 aromatic heterocycles. The summed E-state index contributed by atoms with van der Waals surface area (Å²) in [6.45, 7) is 5.99. The van der Waals surface area contributed by atoms with Crippen LogP contribution in [0.25, 0.3) is 0 Å². The van der Waals surface area contributed by atoms with E-state index < -0.39 is 0 Å². The SMILES string of the molecule is O=C(CCN(Cc1ccccc1)Cc1ccccc1)N1CCNCC1. The summed E-state index contributed by atoms with van der Waals surface area (Å²) in [5.74, 6) is 0.271. The second-order valence-electron chi connectivity index (χ2n) is 6.56. The van der Waals surface area contributed by atoms with Gasteiger partial charge in [0.2, 0.25) is 5.91 Å². The summed E-state index contributed by atoms with van der Waals surface area (Å²) in [7, 11) is 0. The van der Waals surface area contributed by atoms with Gasteiger partial charge in [0.05, 0.1) is 0 Å². The number of nitrogens with zero attached hydrogens (tertiary/aromatic N) is 2. The average molecular weight is 337 g/mol. The first kappa shape index (κ1) is 17.6. The van der Waals surface area contributed by atoms with E-state index in [4.69, 9.17) is 0 Å². The molecule has 1 heterocycles. The van der Waals surface area contributed by atoms with Crippen LogP contribution in [0, 0.1) is 0 Å². The molecule has 4 nitrogen and oxygen atoms in total. The second kappa shape index (κ2) is 9.35. The Labute approximate surface area is 150 Å². The van der Waals surface area contributed by atoms with Crippen molar-refractivity contribution in [2.75, 3.05) is 32.7 Å². The summed E-state index contributed by atoms with van der Waals surface area (Å²) in [4.78, 5) is 16.8. The van der Waals surface area contributed by atoms with Gasteiger partial charge in [-0.15, -0.1) is 0 Å². The maximum atomic E-state index is 12.5. The van der Waals surface area contributed by atoms with Gasteiger partial charge < -0.3 is 10.2 Å². The molecule has 1 fully saturated rings. The van der Waals surface area contributed by atoms with E-state index in [-0.39, 0.29) is 5.91 Å². The highest BCUT2D eigenvalue weighted by Crippen LogP contribution is 2.11. The molecule has 25 heavy (non-hydrogen) atoms. The Morgan fingerprint density at radius 3 is 1.92 bits per heavy atom. The smallest absolute Gasteiger partial charge is 0.223 e. The highest BCUT2D eigenvalue weighted by molar-refractivity contribution is 5.76. The third-order valence-corrected chi connectivity index (χ3v) is 4.61. The van der Waals surface area contributed by atoms with Crippen molar-refractivity contribution in [2.24, 2.45) is 0 Å². The van der Waals surface area contributed by atoms with Gasteiger partial charge in [-0.2, -0.15) is 0 Å². The van der Waals surface area contributed by atoms with Gasteiger partial charge in [-0.1, -0.05) is 60.7 Å². The number of hydrogen-bond acceptors (Lipinski definition) is 3. The number of benzene rings is 2. The average Bonchev–Trinajstić information content (AvgIpc) is 2.68. The molecule has 0 spiro atoms. The van der Waals surface area contributed by atoms with E-state index in [1.807, 2.05) is 17.0 Å². The second-order valence-corrected chi connectivity index (χ2v) is 6.56. The summed E-state index contributed by atoms with van der Waals surface area (Å²) in [6.07, 6.45) is 0.583. The first-order chi connectivity index (χ1) is 12.3. The van der Waals surface area contributed by atoms with Crippen molar-refractivity contribution in [1.29, 1.82) is 0 Å². The van der Waals surface area contributed by atoms with Gasteiger partial charge in [-0.05, 0) is 11.1 Å². The summed E-state index contributed by atoms with van der Waals surface area (Å²) in [6, 6.07) is 21.0. The molecule has 0 unspecified atom stereocenters. The van der Waals surface area contributed by atoms with E-state index in [0.29, 0.717) is 6.42 Å². The van der Waals surface area contributed by atoms with Crippen LogP contribution in [0.2, 0.25) is 0 Å². The Morgan fingerprint density at radius 2 is 1.40 bits per heavy atom. The molecule has 1 N–H and O–H groups in total. The summed E-state index contributed by atoms with van der Waals surface area (Å²) in [5, 5.41) is 3.30. The van der Waals surface area contributed by atoms with E-state index in [1.165, 1.54) is 11.1 Å². The molecular formula is C21H27N3O. The van der Waals surface area contributed by atoms with E-state index >= 15 is 0 Å². The van der Waals surface area contributed by atoms with Crippen LogP contribution < -0.4 is 5.32 Å². The molecule has 4 heteroatoms. The fourth-order valence-electron chi connectivity index (χ4n) is 3.22. The number of carbonyl (C=O) groups is 1. The third kappa shape index (κ3) is 5.69. The van der Waals surface area contributed by atoms with Crippen LogP contribution >= 0.6 is 0 Å². The maximum Gasteiger partial charge on any atom is 0.223 e. The van der Waals surface area contributed by atoms with Crippen LogP contribution in [0.5, 0.6) is 0 Å². The Balaban J connectivity index is 1.60. The standard InChI is InChI=1S/C21H27N3O/c25-21(24-15-12-22-13-16-24)11-14-23(17-19-7-3-1-4-8-19)18-20-9-5-2-6-10-20/h1-10,22H,11-18H2. The highest BCUT2D eigenvalue weighted by Gasteiger charge is 2.17. The molecule has 2 aromatic rings. The number of carbonyl (C=O) groups excluding carboxylic acids is 1. The van der Waals surface area contributed by atoms with Gasteiger partial charge in [0.1, 0.15) is 0 Å². The Kier molecular flexibility index (Phi) is 6.60. The molecule has 0 saturated carbocycles. The molecule has 1 aliphatic heterocycles. The number of rotatable bonds is 7. The molecule has 3 rings (SSSR count). The number of nitrogens with one attached hydrogen (secondary N) is 1. The zero-order valence-electron chi connectivity index (χ0n) is 14.7. The van der Waals surface area contributed by atoms with Gasteiger partial charge in [0.25, 0.3) is 0 Å². The predicted octanol–water partition coefficient (Wildman–Crippen LogP) is 2.51. The molecule has 0 atom stereocenters. The van der Waals surface area contributed by atoms with Gasteiger partial charge in [0, 0.05) is 52.2 Å². The third-order valence-electron chi connectivity index (χ3n) is 4.61. The van der Waals surface area contributed by atoms with E-state index in [9.17, 15) is 4.79 Å². The van der Waals surface area contributed by atoms with Gasteiger partial charge in [-0.3, -0.25) is 9.69 Å². The Bertz CT molecular complexity index is 597. The molecule has 1 amide bonds. The van der Waals surface area contributed by atoms with Crippen molar-refractivity contribution in [3.63, 3.8) is 0 Å².